The predicted molar refractivity (Wildman–Crippen MR) is 123 cm³/mol. The van der Waals surface area contributed by atoms with E-state index < -0.39 is 0 Å². The van der Waals surface area contributed by atoms with Crippen LogP contribution in [0.3, 0.4) is 0 Å². The van der Waals surface area contributed by atoms with Crippen LogP contribution in [0.15, 0.2) is 41.5 Å². The summed E-state index contributed by atoms with van der Waals surface area (Å²) < 4.78 is 5.25. The van der Waals surface area contributed by atoms with Gasteiger partial charge in [-0.25, -0.2) is 0 Å². The predicted octanol–water partition coefficient (Wildman–Crippen LogP) is 3.27. The second kappa shape index (κ2) is 9.53. The third-order valence-electron chi connectivity index (χ3n) is 4.68. The second-order valence-electron chi connectivity index (χ2n) is 7.10. The van der Waals surface area contributed by atoms with E-state index in [0.717, 1.165) is 27.6 Å². The Hall–Kier alpha value is -3.52. The summed E-state index contributed by atoms with van der Waals surface area (Å²) in [7, 11) is 1.59. The average molecular weight is 442 g/mol. The minimum Gasteiger partial charge on any atom is -0.497 e. The summed E-state index contributed by atoms with van der Waals surface area (Å²) in [6, 6.07) is 9.21. The first kappa shape index (κ1) is 22.2. The molecule has 31 heavy (non-hydrogen) atoms. The molecule has 1 heterocycles. The number of anilines is 1. The summed E-state index contributed by atoms with van der Waals surface area (Å²) in [5, 5.41) is 6.94. The maximum Gasteiger partial charge on any atom is 0.253 e. The Bertz CT molecular complexity index is 1150. The molecular weight excluding hydrogens is 418 g/mol. The maximum atomic E-state index is 12.4. The van der Waals surface area contributed by atoms with Gasteiger partial charge in [-0.05, 0) is 47.9 Å². The molecule has 5 N–H and O–H groups in total. The molecule has 3 rings (SSSR count). The number of aryl methyl sites for hydroxylation is 1. The fourth-order valence-electron chi connectivity index (χ4n) is 3.25. The number of benzene rings is 2. The molecule has 0 spiro atoms. The summed E-state index contributed by atoms with van der Waals surface area (Å²) in [6.07, 6.45) is 1.88. The smallest absolute Gasteiger partial charge is 0.253 e. The molecule has 0 fully saturated rings. The minimum atomic E-state index is -0.371. The number of hydrogen-bond donors (Lipinski definition) is 4. The highest BCUT2D eigenvalue weighted by molar-refractivity contribution is 6.34. The molecular formula is C22H24ClN5O3. The zero-order valence-corrected chi connectivity index (χ0v) is 18.3. The van der Waals surface area contributed by atoms with Gasteiger partial charge in [-0.1, -0.05) is 17.7 Å². The van der Waals surface area contributed by atoms with Crippen molar-refractivity contribution in [1.82, 2.24) is 10.3 Å². The van der Waals surface area contributed by atoms with Crippen molar-refractivity contribution in [3.8, 4) is 5.75 Å². The van der Waals surface area contributed by atoms with Gasteiger partial charge in [-0.2, -0.15) is 4.99 Å². The van der Waals surface area contributed by atoms with E-state index >= 15 is 0 Å². The first-order valence-corrected chi connectivity index (χ1v) is 9.96. The van der Waals surface area contributed by atoms with Crippen LogP contribution in [0.1, 0.15) is 23.6 Å². The Labute approximate surface area is 184 Å². The Morgan fingerprint density at radius 2 is 2.03 bits per heavy atom. The number of amides is 2. The van der Waals surface area contributed by atoms with E-state index in [-0.39, 0.29) is 24.2 Å². The molecule has 0 unspecified atom stereocenters. The van der Waals surface area contributed by atoms with Crippen LogP contribution in [0.2, 0.25) is 5.02 Å². The highest BCUT2D eigenvalue weighted by Gasteiger charge is 2.11. The van der Waals surface area contributed by atoms with E-state index in [1.807, 2.05) is 31.2 Å². The quantitative estimate of drug-likeness (QED) is 0.345. The molecule has 9 heteroatoms. The number of nitrogens with one attached hydrogen (secondary N) is 3. The van der Waals surface area contributed by atoms with Crippen LogP contribution in [0.25, 0.3) is 10.9 Å². The van der Waals surface area contributed by atoms with Crippen LogP contribution in [0, 0.1) is 6.92 Å². The minimum absolute atomic E-state index is 0.0159. The van der Waals surface area contributed by atoms with Crippen molar-refractivity contribution in [2.24, 2.45) is 10.7 Å². The van der Waals surface area contributed by atoms with E-state index in [1.54, 1.807) is 19.4 Å². The summed E-state index contributed by atoms with van der Waals surface area (Å²) in [6.45, 7) is 3.60. The standard InChI is InChI=1S/C22H24ClN5O3/c1-12-6-14(7-18(23)21(12)27-13(2)29)10-26-22(24)28-20(30)8-15-11-25-19-5-4-16(31-3)9-17(15)19/h4-7,9,11,25H,8,10H2,1-3H3,(H,27,29)(H3,24,26,28,30). The van der Waals surface area contributed by atoms with Crippen LogP contribution < -0.4 is 21.1 Å². The van der Waals surface area contributed by atoms with E-state index in [4.69, 9.17) is 22.1 Å². The Morgan fingerprint density at radius 3 is 2.71 bits per heavy atom. The van der Waals surface area contributed by atoms with E-state index in [0.29, 0.717) is 23.0 Å². The molecule has 3 aromatic rings. The molecule has 0 aliphatic heterocycles. The number of H-pyrrole nitrogens is 1. The first-order valence-electron chi connectivity index (χ1n) is 9.58. The van der Waals surface area contributed by atoms with Crippen LogP contribution >= 0.6 is 11.6 Å². The van der Waals surface area contributed by atoms with Crippen molar-refractivity contribution >= 4 is 46.0 Å². The number of hydrogen-bond acceptors (Lipinski definition) is 3. The molecule has 162 valence electrons. The van der Waals surface area contributed by atoms with Crippen LogP contribution in [-0.4, -0.2) is 29.9 Å². The number of fused-ring (bicyclic) bond motifs is 1. The second-order valence-corrected chi connectivity index (χ2v) is 7.50. The molecule has 0 aliphatic carbocycles. The number of halogens is 1. The van der Waals surface area contributed by atoms with Gasteiger partial charge in [0.15, 0.2) is 5.96 Å². The molecule has 2 aromatic carbocycles. The monoisotopic (exact) mass is 441 g/mol. The summed E-state index contributed by atoms with van der Waals surface area (Å²) in [4.78, 5) is 30.7. The lowest BCUT2D eigenvalue weighted by Gasteiger charge is -2.12. The third-order valence-corrected chi connectivity index (χ3v) is 4.98. The average Bonchev–Trinajstić information content (AvgIpc) is 3.10. The number of guanidine groups is 1. The lowest BCUT2D eigenvalue weighted by Crippen LogP contribution is -2.32. The highest BCUT2D eigenvalue weighted by Crippen LogP contribution is 2.27. The SMILES string of the molecule is COc1ccc2[nH]cc(CC(=O)/N=C(\N)NCc3cc(C)c(NC(C)=O)c(Cl)c3)c2c1. The number of nitrogens with two attached hydrogens (primary N) is 1. The van der Waals surface area contributed by atoms with Gasteiger partial charge in [0.25, 0.3) is 5.91 Å². The lowest BCUT2D eigenvalue weighted by molar-refractivity contribution is -0.117. The fraction of sp³-hybridized carbons (Fsp3) is 0.227. The van der Waals surface area contributed by atoms with Crippen molar-refractivity contribution in [2.75, 3.05) is 12.4 Å². The number of rotatable bonds is 6. The number of carbonyl (C=O) groups excluding carboxylic acids is 2. The number of ether oxygens (including phenoxy) is 1. The number of nitrogens with zero attached hydrogens (tertiary/aromatic N) is 1. The van der Waals surface area contributed by atoms with Crippen molar-refractivity contribution < 1.29 is 14.3 Å². The lowest BCUT2D eigenvalue weighted by atomic mass is 10.1. The van der Waals surface area contributed by atoms with E-state index in [2.05, 4.69) is 20.6 Å². The van der Waals surface area contributed by atoms with Crippen LogP contribution in [-0.2, 0) is 22.6 Å². The van der Waals surface area contributed by atoms with E-state index in [9.17, 15) is 9.59 Å². The van der Waals surface area contributed by atoms with Crippen LogP contribution in [0.5, 0.6) is 5.75 Å². The van der Waals surface area contributed by atoms with Gasteiger partial charge < -0.3 is 26.1 Å². The Kier molecular flexibility index (Phi) is 6.81. The molecule has 0 saturated heterocycles. The molecule has 2 amide bonds. The third kappa shape index (κ3) is 5.55. The fourth-order valence-corrected chi connectivity index (χ4v) is 3.59. The van der Waals surface area contributed by atoms with E-state index in [1.165, 1.54) is 6.92 Å². The summed E-state index contributed by atoms with van der Waals surface area (Å²) >= 11 is 6.26. The zero-order valence-electron chi connectivity index (χ0n) is 17.5. The number of aromatic nitrogens is 1. The Morgan fingerprint density at radius 1 is 1.26 bits per heavy atom. The zero-order chi connectivity index (χ0) is 22.5. The van der Waals surface area contributed by atoms with Crippen molar-refractivity contribution in [3.63, 3.8) is 0 Å². The molecule has 0 aliphatic rings. The number of carbonyl (C=O) groups is 2. The molecule has 0 saturated carbocycles. The van der Waals surface area contributed by atoms with Gasteiger partial charge in [-0.3, -0.25) is 9.59 Å². The highest BCUT2D eigenvalue weighted by atomic mass is 35.5. The van der Waals surface area contributed by atoms with Crippen molar-refractivity contribution in [1.29, 1.82) is 0 Å². The normalized spacial score (nSPS) is 11.4. The largest absolute Gasteiger partial charge is 0.497 e. The Balaban J connectivity index is 1.64. The van der Waals surface area contributed by atoms with Gasteiger partial charge in [-0.15, -0.1) is 0 Å². The summed E-state index contributed by atoms with van der Waals surface area (Å²) in [5.74, 6) is 0.162. The molecule has 0 atom stereocenters. The number of aromatic amines is 1. The summed E-state index contributed by atoms with van der Waals surface area (Å²) in [5.41, 5.74) is 9.84. The molecule has 1 aromatic heterocycles. The molecule has 0 bridgehead atoms. The van der Waals surface area contributed by atoms with Crippen LogP contribution in [0.4, 0.5) is 5.69 Å². The van der Waals surface area contributed by atoms with Crippen molar-refractivity contribution in [2.45, 2.75) is 26.8 Å². The van der Waals surface area contributed by atoms with Gasteiger partial charge >= 0.3 is 0 Å². The van der Waals surface area contributed by atoms with Gasteiger partial charge in [0.2, 0.25) is 5.91 Å². The van der Waals surface area contributed by atoms with Crippen molar-refractivity contribution in [3.05, 3.63) is 58.2 Å². The van der Waals surface area contributed by atoms with Gasteiger partial charge in [0.1, 0.15) is 5.75 Å². The first-order chi connectivity index (χ1) is 14.8. The number of methoxy groups -OCH3 is 1. The topological polar surface area (TPSA) is 122 Å². The van der Waals surface area contributed by atoms with Gasteiger partial charge in [0.05, 0.1) is 24.2 Å². The molecule has 8 nitrogen and oxygen atoms in total. The maximum absolute atomic E-state index is 12.4. The molecule has 0 radical (unpaired) electrons. The van der Waals surface area contributed by atoms with Gasteiger partial charge in [0, 0.05) is 30.6 Å². The number of aliphatic imine (C=N–C) groups is 1.